The smallest absolute Gasteiger partial charge is 0.327 e. The van der Waals surface area contributed by atoms with Crippen LogP contribution in [0.4, 0.5) is 10.6 Å². The maximum Gasteiger partial charge on any atom is 0.327 e. The molecule has 3 rings (SSSR count). The Bertz CT molecular complexity index is 830. The Balaban J connectivity index is 1.57. The van der Waals surface area contributed by atoms with Gasteiger partial charge in [-0.05, 0) is 37.8 Å². The summed E-state index contributed by atoms with van der Waals surface area (Å²) in [4.78, 5) is 54.4. The third kappa shape index (κ3) is 4.34. The molecule has 2 aliphatic rings. The zero-order valence-electron chi connectivity index (χ0n) is 16.2. The maximum absolute atomic E-state index is 12.9. The molecular weight excluding hydrogens is 400 g/mol. The molecule has 1 aromatic rings. The van der Waals surface area contributed by atoms with E-state index in [0.29, 0.717) is 11.4 Å². The van der Waals surface area contributed by atoms with Crippen LogP contribution in [0.25, 0.3) is 0 Å². The molecule has 10 heteroatoms. The number of carbonyl (C=O) groups excluding carboxylic acids is 4. The fourth-order valence-corrected chi connectivity index (χ4v) is 3.85. The average Bonchev–Trinajstić information content (AvgIpc) is 2.91. The van der Waals surface area contributed by atoms with Crippen LogP contribution in [-0.4, -0.2) is 51.9 Å². The summed E-state index contributed by atoms with van der Waals surface area (Å²) in [6.07, 6.45) is 3.46. The zero-order valence-corrected chi connectivity index (χ0v) is 17.0. The number of esters is 1. The van der Waals surface area contributed by atoms with Gasteiger partial charge in [-0.3, -0.25) is 19.3 Å². The van der Waals surface area contributed by atoms with Crippen molar-refractivity contribution in [1.29, 1.82) is 0 Å². The lowest BCUT2D eigenvalue weighted by Gasteiger charge is -2.36. The summed E-state index contributed by atoms with van der Waals surface area (Å²) in [5.74, 6) is -1.60. The van der Waals surface area contributed by atoms with Gasteiger partial charge in [-0.25, -0.2) is 9.78 Å². The summed E-state index contributed by atoms with van der Waals surface area (Å²) < 4.78 is 5.09. The van der Waals surface area contributed by atoms with Crippen molar-refractivity contribution < 1.29 is 23.9 Å². The molecule has 1 aliphatic heterocycles. The normalized spacial score (nSPS) is 24.9. The fraction of sp³-hybridized carbons (Fsp3) is 0.526. The van der Waals surface area contributed by atoms with Gasteiger partial charge in [0.05, 0.1) is 5.02 Å². The first-order valence-electron chi connectivity index (χ1n) is 9.49. The van der Waals surface area contributed by atoms with Crippen LogP contribution in [0.15, 0.2) is 18.3 Å². The first-order valence-corrected chi connectivity index (χ1v) is 9.87. The summed E-state index contributed by atoms with van der Waals surface area (Å²) in [6, 6.07) is 2.45. The topological polar surface area (TPSA) is 118 Å². The van der Waals surface area contributed by atoms with E-state index in [2.05, 4.69) is 15.6 Å². The van der Waals surface area contributed by atoms with Crippen molar-refractivity contribution in [2.45, 2.75) is 51.2 Å². The lowest BCUT2D eigenvalue weighted by atomic mass is 9.73. The standard InChI is InChI=1S/C19H23ClN4O5/c1-11-5-3-4-8-19(11)17(27)24(18(28)23-19)10-15(25)29-12(2)16(26)22-14-7-6-13(20)9-21-14/h6-7,9,11-12H,3-5,8,10H2,1-2H3,(H,23,28)(H,21,22,26)/t11-,12+,19-/m1/s1. The monoisotopic (exact) mass is 422 g/mol. The number of imide groups is 1. The predicted molar refractivity (Wildman–Crippen MR) is 104 cm³/mol. The van der Waals surface area contributed by atoms with Crippen molar-refractivity contribution in [2.24, 2.45) is 5.92 Å². The summed E-state index contributed by atoms with van der Waals surface area (Å²) in [7, 11) is 0. The number of anilines is 1. The summed E-state index contributed by atoms with van der Waals surface area (Å²) in [5, 5.41) is 5.68. The molecule has 4 amide bonds. The number of amides is 4. The second-order valence-electron chi connectivity index (χ2n) is 7.42. The number of carbonyl (C=O) groups is 4. The zero-order chi connectivity index (χ0) is 21.2. The minimum absolute atomic E-state index is 0.00898. The van der Waals surface area contributed by atoms with Gasteiger partial charge in [-0.1, -0.05) is 31.4 Å². The molecule has 1 saturated heterocycles. The molecule has 1 saturated carbocycles. The number of hydrogen-bond acceptors (Lipinski definition) is 6. The minimum Gasteiger partial charge on any atom is -0.451 e. The van der Waals surface area contributed by atoms with E-state index in [-0.39, 0.29) is 11.7 Å². The van der Waals surface area contributed by atoms with Crippen LogP contribution in [0.5, 0.6) is 0 Å². The Kier molecular flexibility index (Phi) is 6.07. The summed E-state index contributed by atoms with van der Waals surface area (Å²) in [6.45, 7) is 2.77. The van der Waals surface area contributed by atoms with E-state index >= 15 is 0 Å². The maximum atomic E-state index is 12.9. The Morgan fingerprint density at radius 3 is 2.83 bits per heavy atom. The Hall–Kier alpha value is -2.68. The first-order chi connectivity index (χ1) is 13.7. The van der Waals surface area contributed by atoms with Crippen molar-refractivity contribution in [3.05, 3.63) is 23.4 Å². The third-order valence-electron chi connectivity index (χ3n) is 5.44. The van der Waals surface area contributed by atoms with E-state index in [4.69, 9.17) is 16.3 Å². The molecule has 9 nitrogen and oxygen atoms in total. The predicted octanol–water partition coefficient (Wildman–Crippen LogP) is 2.11. The molecule has 2 N–H and O–H groups in total. The number of rotatable bonds is 5. The number of halogens is 1. The molecule has 156 valence electrons. The van der Waals surface area contributed by atoms with Gasteiger partial charge in [0.25, 0.3) is 11.8 Å². The van der Waals surface area contributed by atoms with Crippen molar-refractivity contribution >= 4 is 41.2 Å². The lowest BCUT2D eigenvalue weighted by molar-refractivity contribution is -0.155. The largest absolute Gasteiger partial charge is 0.451 e. The Morgan fingerprint density at radius 2 is 2.17 bits per heavy atom. The molecular formula is C19H23ClN4O5. The van der Waals surface area contributed by atoms with Gasteiger partial charge in [-0.2, -0.15) is 0 Å². The number of nitrogens with one attached hydrogen (secondary N) is 2. The van der Waals surface area contributed by atoms with Crippen LogP contribution in [0.1, 0.15) is 39.5 Å². The number of urea groups is 1. The van der Waals surface area contributed by atoms with Crippen molar-refractivity contribution in [3.63, 3.8) is 0 Å². The van der Waals surface area contributed by atoms with Gasteiger partial charge in [-0.15, -0.1) is 0 Å². The van der Waals surface area contributed by atoms with E-state index in [0.717, 1.165) is 24.2 Å². The van der Waals surface area contributed by atoms with Gasteiger partial charge in [0.1, 0.15) is 17.9 Å². The second-order valence-corrected chi connectivity index (χ2v) is 7.86. The molecule has 0 bridgehead atoms. The van der Waals surface area contributed by atoms with Gasteiger partial charge in [0.2, 0.25) is 0 Å². The first kappa shape index (κ1) is 21.0. The third-order valence-corrected chi connectivity index (χ3v) is 5.67. The number of nitrogens with zero attached hydrogens (tertiary/aromatic N) is 2. The van der Waals surface area contributed by atoms with Gasteiger partial charge in [0, 0.05) is 6.20 Å². The van der Waals surface area contributed by atoms with E-state index < -0.39 is 42.0 Å². The molecule has 0 aromatic carbocycles. The number of aromatic nitrogens is 1. The van der Waals surface area contributed by atoms with Crippen molar-refractivity contribution in [2.75, 3.05) is 11.9 Å². The summed E-state index contributed by atoms with van der Waals surface area (Å²) >= 11 is 5.74. The van der Waals surface area contributed by atoms with Crippen molar-refractivity contribution in [1.82, 2.24) is 15.2 Å². The molecule has 29 heavy (non-hydrogen) atoms. The van der Waals surface area contributed by atoms with Crippen LogP contribution in [-0.2, 0) is 19.1 Å². The number of hydrogen-bond donors (Lipinski definition) is 2. The lowest BCUT2D eigenvalue weighted by Crippen LogP contribution is -2.54. The number of ether oxygens (including phenoxy) is 1. The SMILES string of the molecule is C[C@H](OC(=O)CN1C(=O)N[C@@]2(CCCC[C@H]2C)C1=O)C(=O)Nc1ccc(Cl)cn1. The van der Waals surface area contributed by atoms with Crippen LogP contribution in [0.2, 0.25) is 5.02 Å². The van der Waals surface area contributed by atoms with Gasteiger partial charge >= 0.3 is 12.0 Å². The van der Waals surface area contributed by atoms with Gasteiger partial charge < -0.3 is 15.4 Å². The number of pyridine rings is 1. The van der Waals surface area contributed by atoms with Crippen molar-refractivity contribution in [3.8, 4) is 0 Å². The molecule has 2 fully saturated rings. The average molecular weight is 423 g/mol. The molecule has 1 aliphatic carbocycles. The fourth-order valence-electron chi connectivity index (χ4n) is 3.73. The van der Waals surface area contributed by atoms with E-state index in [1.807, 2.05) is 6.92 Å². The molecule has 2 heterocycles. The quantitative estimate of drug-likeness (QED) is 0.554. The highest BCUT2D eigenvalue weighted by atomic mass is 35.5. The molecule has 1 aromatic heterocycles. The molecule has 1 spiro atoms. The van der Waals surface area contributed by atoms with Gasteiger partial charge in [0.15, 0.2) is 6.10 Å². The minimum atomic E-state index is -1.14. The highest BCUT2D eigenvalue weighted by Crippen LogP contribution is 2.38. The molecule has 0 unspecified atom stereocenters. The highest BCUT2D eigenvalue weighted by Gasteiger charge is 2.55. The second kappa shape index (κ2) is 8.36. The van der Waals surface area contributed by atoms with Crippen LogP contribution < -0.4 is 10.6 Å². The summed E-state index contributed by atoms with van der Waals surface area (Å²) in [5.41, 5.74) is -0.946. The van der Waals surface area contributed by atoms with E-state index in [1.165, 1.54) is 19.2 Å². The Labute approximate surface area is 173 Å². The highest BCUT2D eigenvalue weighted by molar-refractivity contribution is 6.30. The van der Waals surface area contributed by atoms with E-state index in [9.17, 15) is 19.2 Å². The van der Waals surface area contributed by atoms with E-state index in [1.54, 1.807) is 6.07 Å². The molecule has 3 atom stereocenters. The molecule has 0 radical (unpaired) electrons. The Morgan fingerprint density at radius 1 is 1.41 bits per heavy atom. The van der Waals surface area contributed by atoms with Crippen LogP contribution in [0.3, 0.4) is 0 Å². The van der Waals surface area contributed by atoms with Crippen LogP contribution >= 0.6 is 11.6 Å². The van der Waals surface area contributed by atoms with Crippen LogP contribution in [0, 0.1) is 5.92 Å².